The van der Waals surface area contributed by atoms with Crippen molar-refractivity contribution >= 4 is 5.57 Å². The molecule has 2 nitrogen and oxygen atoms in total. The van der Waals surface area contributed by atoms with E-state index in [0.29, 0.717) is 5.92 Å². The van der Waals surface area contributed by atoms with E-state index in [4.69, 9.17) is 5.11 Å². The molecule has 2 heteroatoms. The van der Waals surface area contributed by atoms with Gasteiger partial charge in [0.1, 0.15) is 0 Å². The highest BCUT2D eigenvalue weighted by molar-refractivity contribution is 5.79. The maximum absolute atomic E-state index is 11.0. The molecule has 0 radical (unpaired) electrons. The fourth-order valence-electron chi connectivity index (χ4n) is 1.33. The van der Waals surface area contributed by atoms with Crippen LogP contribution in [-0.2, 0) is 0 Å². The minimum Gasteiger partial charge on any atom is -0.504 e. The van der Waals surface area contributed by atoms with Gasteiger partial charge in [-0.25, -0.2) is 0 Å². The molecule has 0 saturated carbocycles. The van der Waals surface area contributed by atoms with Crippen LogP contribution >= 0.6 is 0 Å². The van der Waals surface area contributed by atoms with Crippen molar-refractivity contribution in [3.8, 4) is 5.75 Å². The molecule has 1 aliphatic rings. The monoisotopic (exact) mass is 174 g/mol. The maximum atomic E-state index is 11.0. The summed E-state index contributed by atoms with van der Waals surface area (Å²) >= 11 is 0. The predicted octanol–water partition coefficient (Wildman–Crippen LogP) is 1.79. The highest BCUT2D eigenvalue weighted by Gasteiger charge is 2.19. The highest BCUT2D eigenvalue weighted by atomic mass is 16.3. The first-order valence-electron chi connectivity index (χ1n) is 4.24. The lowest BCUT2D eigenvalue weighted by Crippen LogP contribution is -1.91. The van der Waals surface area contributed by atoms with Gasteiger partial charge < -0.3 is 5.11 Å². The first-order chi connectivity index (χ1) is 6.18. The van der Waals surface area contributed by atoms with Gasteiger partial charge in [-0.2, -0.15) is 0 Å². The quantitative estimate of drug-likeness (QED) is 0.704. The van der Waals surface area contributed by atoms with E-state index in [1.807, 2.05) is 0 Å². The molecule has 1 atom stereocenters. The van der Waals surface area contributed by atoms with Crippen molar-refractivity contribution in [2.24, 2.45) is 5.92 Å². The van der Waals surface area contributed by atoms with Gasteiger partial charge in [-0.1, -0.05) is 25.1 Å². The summed E-state index contributed by atoms with van der Waals surface area (Å²) in [5, 5.41) is 9.14. The second kappa shape index (κ2) is 2.73. The highest BCUT2D eigenvalue weighted by Crippen LogP contribution is 2.37. The number of rotatable bonds is 1. The number of aromatic hydroxyl groups is 1. The van der Waals surface area contributed by atoms with Crippen molar-refractivity contribution in [3.63, 3.8) is 0 Å². The van der Waals surface area contributed by atoms with Crippen LogP contribution in [0.3, 0.4) is 0 Å². The lowest BCUT2D eigenvalue weighted by molar-refractivity contribution is 0.471. The van der Waals surface area contributed by atoms with Crippen molar-refractivity contribution in [3.05, 3.63) is 46.1 Å². The SMILES string of the molecule is C[C@H]1C=C1c1ccc(O)c(=O)cc1. The third kappa shape index (κ3) is 1.47. The summed E-state index contributed by atoms with van der Waals surface area (Å²) in [5.41, 5.74) is 1.93. The van der Waals surface area contributed by atoms with Gasteiger partial charge >= 0.3 is 0 Å². The lowest BCUT2D eigenvalue weighted by Gasteiger charge is -1.88. The van der Waals surface area contributed by atoms with Crippen LogP contribution in [-0.4, -0.2) is 5.11 Å². The first kappa shape index (κ1) is 8.05. The molecule has 2 rings (SSSR count). The van der Waals surface area contributed by atoms with Gasteiger partial charge in [-0.15, -0.1) is 0 Å². The second-order valence-electron chi connectivity index (χ2n) is 3.28. The Bertz CT molecular complexity index is 432. The predicted molar refractivity (Wildman–Crippen MR) is 51.5 cm³/mol. The van der Waals surface area contributed by atoms with Crippen molar-refractivity contribution in [2.45, 2.75) is 6.92 Å². The molecule has 1 aromatic carbocycles. The Labute approximate surface area is 76.2 Å². The summed E-state index contributed by atoms with van der Waals surface area (Å²) in [4.78, 5) is 11.0. The zero-order valence-corrected chi connectivity index (χ0v) is 7.32. The van der Waals surface area contributed by atoms with E-state index in [0.717, 1.165) is 5.56 Å². The minimum atomic E-state index is -0.333. The summed E-state index contributed by atoms with van der Waals surface area (Å²) in [6.07, 6.45) is 2.12. The van der Waals surface area contributed by atoms with Gasteiger partial charge in [-0.3, -0.25) is 4.79 Å². The van der Waals surface area contributed by atoms with E-state index >= 15 is 0 Å². The van der Waals surface area contributed by atoms with E-state index in [1.165, 1.54) is 17.7 Å². The molecule has 0 fully saturated rings. The largest absolute Gasteiger partial charge is 0.504 e. The van der Waals surface area contributed by atoms with Crippen LogP contribution in [0.1, 0.15) is 12.5 Å². The fourth-order valence-corrected chi connectivity index (χ4v) is 1.33. The summed E-state index contributed by atoms with van der Waals surface area (Å²) in [6.45, 7) is 2.10. The molecule has 0 amide bonds. The van der Waals surface area contributed by atoms with Crippen LogP contribution in [0.4, 0.5) is 0 Å². The molecule has 13 heavy (non-hydrogen) atoms. The van der Waals surface area contributed by atoms with Gasteiger partial charge in [0, 0.05) is 0 Å². The Hall–Kier alpha value is -1.57. The van der Waals surface area contributed by atoms with E-state index in [2.05, 4.69) is 13.0 Å². The van der Waals surface area contributed by atoms with Crippen LogP contribution in [0.25, 0.3) is 5.57 Å². The Balaban J connectivity index is 2.47. The molecule has 0 spiro atoms. The van der Waals surface area contributed by atoms with Gasteiger partial charge in [0.25, 0.3) is 0 Å². The number of hydrogen-bond acceptors (Lipinski definition) is 2. The Morgan fingerprint density at radius 3 is 2.46 bits per heavy atom. The molecule has 1 N–H and O–H groups in total. The van der Waals surface area contributed by atoms with Crippen LogP contribution < -0.4 is 5.43 Å². The van der Waals surface area contributed by atoms with Gasteiger partial charge in [0.2, 0.25) is 5.43 Å². The Morgan fingerprint density at radius 2 is 1.85 bits per heavy atom. The smallest absolute Gasteiger partial charge is 0.220 e. The third-order valence-corrected chi connectivity index (χ3v) is 2.23. The average Bonchev–Trinajstić information content (AvgIpc) is 2.82. The number of allylic oxidation sites excluding steroid dienone is 2. The molecule has 0 aromatic heterocycles. The fraction of sp³-hybridized carbons (Fsp3) is 0.182. The summed E-state index contributed by atoms with van der Waals surface area (Å²) < 4.78 is 0. The molecule has 0 bridgehead atoms. The van der Waals surface area contributed by atoms with E-state index in [1.54, 1.807) is 12.1 Å². The normalized spacial score (nSPS) is 19.5. The molecule has 0 unspecified atom stereocenters. The van der Waals surface area contributed by atoms with Crippen molar-refractivity contribution in [2.75, 3.05) is 0 Å². The van der Waals surface area contributed by atoms with Crippen LogP contribution in [0.5, 0.6) is 5.75 Å². The van der Waals surface area contributed by atoms with Crippen molar-refractivity contribution in [1.82, 2.24) is 0 Å². The van der Waals surface area contributed by atoms with Gasteiger partial charge in [0.05, 0.1) is 0 Å². The van der Waals surface area contributed by atoms with E-state index in [-0.39, 0.29) is 11.2 Å². The molecule has 0 aliphatic heterocycles. The van der Waals surface area contributed by atoms with Crippen LogP contribution in [0, 0.1) is 5.92 Å². The number of hydrogen-bond donors (Lipinski definition) is 1. The second-order valence-corrected chi connectivity index (χ2v) is 3.28. The van der Waals surface area contributed by atoms with Crippen LogP contribution in [0.2, 0.25) is 0 Å². The zero-order chi connectivity index (χ0) is 9.42. The average molecular weight is 174 g/mol. The lowest BCUT2D eigenvalue weighted by atomic mass is 10.2. The Kier molecular flexibility index (Phi) is 1.69. The summed E-state index contributed by atoms with van der Waals surface area (Å²) in [7, 11) is 0. The standard InChI is InChI=1S/C11H10O2/c1-7-6-9(7)8-2-4-10(12)11(13)5-3-8/h2-7H,1H3,(H,12,13)/t7-/m0/s1. The van der Waals surface area contributed by atoms with Gasteiger partial charge in [-0.05, 0) is 29.2 Å². The maximum Gasteiger partial charge on any atom is 0.220 e. The molecule has 1 aromatic rings. The summed E-state index contributed by atoms with van der Waals surface area (Å²) in [6, 6.07) is 6.36. The van der Waals surface area contributed by atoms with Crippen molar-refractivity contribution in [1.29, 1.82) is 0 Å². The molecule has 66 valence electrons. The first-order valence-corrected chi connectivity index (χ1v) is 4.24. The molecule has 0 saturated heterocycles. The van der Waals surface area contributed by atoms with E-state index in [9.17, 15) is 4.79 Å². The zero-order valence-electron chi connectivity index (χ0n) is 7.32. The van der Waals surface area contributed by atoms with Crippen LogP contribution in [0.15, 0.2) is 35.1 Å². The Morgan fingerprint density at radius 1 is 1.23 bits per heavy atom. The molecular weight excluding hydrogens is 164 g/mol. The molecular formula is C11H10O2. The topological polar surface area (TPSA) is 37.3 Å². The minimum absolute atomic E-state index is 0.194. The molecule has 1 aliphatic carbocycles. The van der Waals surface area contributed by atoms with Crippen molar-refractivity contribution < 1.29 is 5.11 Å². The summed E-state index contributed by atoms with van der Waals surface area (Å²) in [5.74, 6) is 0.319. The van der Waals surface area contributed by atoms with Gasteiger partial charge in [0.15, 0.2) is 5.75 Å². The third-order valence-electron chi connectivity index (χ3n) is 2.23. The van der Waals surface area contributed by atoms with E-state index < -0.39 is 0 Å². The molecule has 0 heterocycles.